The van der Waals surface area contributed by atoms with Gasteiger partial charge in [-0.1, -0.05) is 13.8 Å². The van der Waals surface area contributed by atoms with Gasteiger partial charge in [0, 0.05) is 6.61 Å². The van der Waals surface area contributed by atoms with Crippen LogP contribution in [0.5, 0.6) is 0 Å². The predicted octanol–water partition coefficient (Wildman–Crippen LogP) is 4.39. The van der Waals surface area contributed by atoms with Crippen LogP contribution in [0.2, 0.25) is 0 Å². The Morgan fingerprint density at radius 2 is 1.61 bits per heavy atom. The third-order valence-corrected chi connectivity index (χ3v) is 9.31. The highest BCUT2D eigenvalue weighted by atomic mass is 16.3. The Balaban J connectivity index is 1.58. The van der Waals surface area contributed by atoms with E-state index in [0.29, 0.717) is 17.4 Å². The molecule has 0 aromatic rings. The molecule has 0 aromatic heterocycles. The quantitative estimate of drug-likeness (QED) is 0.792. The van der Waals surface area contributed by atoms with E-state index in [1.807, 2.05) is 0 Å². The molecule has 0 spiro atoms. The molecule has 4 aliphatic carbocycles. The van der Waals surface area contributed by atoms with E-state index in [1.165, 1.54) is 44.9 Å². The summed E-state index contributed by atoms with van der Waals surface area (Å²) in [5, 5.41) is 19.6. The number of hydrogen-bond donors (Lipinski definition) is 2. The first-order chi connectivity index (χ1) is 11.0. The molecule has 2 N–H and O–H groups in total. The molecule has 2 nitrogen and oxygen atoms in total. The Hall–Kier alpha value is -0.0800. The molecule has 4 rings (SSSR count). The fourth-order valence-corrected chi connectivity index (χ4v) is 7.97. The standard InChI is InChI=1S/C21H36O2/c1-20-11-8-19-17(18(20)6-4-14(20)9-12-22)5-3-15-13-16(23)7-10-21(15,19)2/h14-19,22-23H,3-13H2,1-2H3/t14-,15-,16+,17+,18+,19+,20-,21+/m1/s1. The highest BCUT2D eigenvalue weighted by Crippen LogP contribution is 2.67. The highest BCUT2D eigenvalue weighted by molar-refractivity contribution is 5.09. The predicted molar refractivity (Wildman–Crippen MR) is 92.9 cm³/mol. The highest BCUT2D eigenvalue weighted by Gasteiger charge is 2.59. The Morgan fingerprint density at radius 1 is 0.870 bits per heavy atom. The normalized spacial score (nSPS) is 55.8. The van der Waals surface area contributed by atoms with Gasteiger partial charge in [0.2, 0.25) is 0 Å². The molecule has 0 heterocycles. The van der Waals surface area contributed by atoms with Crippen LogP contribution >= 0.6 is 0 Å². The Labute approximate surface area is 142 Å². The SMILES string of the molecule is C[C@]12CC[C@H](O)C[C@H]1CC[C@@H]1[C@@H]2CC[C@]2(C)[C@@H](CCO)CC[C@@H]12. The molecule has 0 radical (unpaired) electrons. The van der Waals surface area contributed by atoms with Gasteiger partial charge < -0.3 is 10.2 Å². The van der Waals surface area contributed by atoms with E-state index in [9.17, 15) is 10.2 Å². The van der Waals surface area contributed by atoms with Crippen molar-refractivity contribution in [2.75, 3.05) is 6.61 Å². The maximum atomic E-state index is 10.1. The molecule has 2 heteroatoms. The lowest BCUT2D eigenvalue weighted by molar-refractivity contribution is -0.127. The molecule has 0 aromatic carbocycles. The number of rotatable bonds is 2. The molecular weight excluding hydrogens is 284 g/mol. The van der Waals surface area contributed by atoms with Gasteiger partial charge in [0.25, 0.3) is 0 Å². The molecule has 4 saturated carbocycles. The van der Waals surface area contributed by atoms with Crippen LogP contribution in [0, 0.1) is 40.4 Å². The molecule has 0 bridgehead atoms. The number of aliphatic hydroxyl groups is 2. The summed E-state index contributed by atoms with van der Waals surface area (Å²) in [5.74, 6) is 4.26. The van der Waals surface area contributed by atoms with Crippen molar-refractivity contribution in [1.29, 1.82) is 0 Å². The van der Waals surface area contributed by atoms with E-state index in [0.717, 1.165) is 48.9 Å². The second kappa shape index (κ2) is 5.73. The second-order valence-corrected chi connectivity index (χ2v) is 9.92. The second-order valence-electron chi connectivity index (χ2n) is 9.92. The molecule has 4 aliphatic rings. The molecular formula is C21H36O2. The zero-order valence-corrected chi connectivity index (χ0v) is 15.1. The number of aliphatic hydroxyl groups excluding tert-OH is 2. The minimum atomic E-state index is -0.0288. The lowest BCUT2D eigenvalue weighted by Crippen LogP contribution is -2.53. The molecule has 23 heavy (non-hydrogen) atoms. The van der Waals surface area contributed by atoms with Gasteiger partial charge in [0.1, 0.15) is 0 Å². The van der Waals surface area contributed by atoms with Crippen molar-refractivity contribution in [3.05, 3.63) is 0 Å². The van der Waals surface area contributed by atoms with Crippen LogP contribution in [0.15, 0.2) is 0 Å². The largest absolute Gasteiger partial charge is 0.396 e. The monoisotopic (exact) mass is 320 g/mol. The fraction of sp³-hybridized carbons (Fsp3) is 1.00. The fourth-order valence-electron chi connectivity index (χ4n) is 7.97. The van der Waals surface area contributed by atoms with Gasteiger partial charge in [-0.15, -0.1) is 0 Å². The van der Waals surface area contributed by atoms with Crippen LogP contribution in [0.3, 0.4) is 0 Å². The van der Waals surface area contributed by atoms with Gasteiger partial charge >= 0.3 is 0 Å². The number of fused-ring (bicyclic) bond motifs is 5. The smallest absolute Gasteiger partial charge is 0.0543 e. The topological polar surface area (TPSA) is 40.5 Å². The third-order valence-electron chi connectivity index (χ3n) is 9.31. The Bertz CT molecular complexity index is 449. The van der Waals surface area contributed by atoms with Crippen molar-refractivity contribution in [3.8, 4) is 0 Å². The van der Waals surface area contributed by atoms with Crippen LogP contribution in [-0.2, 0) is 0 Å². The van der Waals surface area contributed by atoms with Crippen molar-refractivity contribution in [1.82, 2.24) is 0 Å². The summed E-state index contributed by atoms with van der Waals surface area (Å²) >= 11 is 0. The molecule has 0 amide bonds. The summed E-state index contributed by atoms with van der Waals surface area (Å²) in [7, 11) is 0. The minimum absolute atomic E-state index is 0.0288. The third kappa shape index (κ3) is 2.34. The average molecular weight is 321 g/mol. The molecule has 132 valence electrons. The molecule has 4 fully saturated rings. The summed E-state index contributed by atoms with van der Waals surface area (Å²) in [4.78, 5) is 0. The van der Waals surface area contributed by atoms with Crippen molar-refractivity contribution in [2.24, 2.45) is 40.4 Å². The van der Waals surface area contributed by atoms with Gasteiger partial charge in [0.15, 0.2) is 0 Å². The van der Waals surface area contributed by atoms with Crippen LogP contribution in [-0.4, -0.2) is 22.9 Å². The first-order valence-corrected chi connectivity index (χ1v) is 10.3. The zero-order chi connectivity index (χ0) is 16.2. The minimum Gasteiger partial charge on any atom is -0.396 e. The average Bonchev–Trinajstić information content (AvgIpc) is 2.85. The summed E-state index contributed by atoms with van der Waals surface area (Å²) in [6.45, 7) is 5.50. The van der Waals surface area contributed by atoms with Crippen LogP contribution < -0.4 is 0 Å². The summed E-state index contributed by atoms with van der Waals surface area (Å²) < 4.78 is 0. The van der Waals surface area contributed by atoms with Crippen LogP contribution in [0.25, 0.3) is 0 Å². The summed E-state index contributed by atoms with van der Waals surface area (Å²) in [5.41, 5.74) is 1.000. The Morgan fingerprint density at radius 3 is 2.39 bits per heavy atom. The van der Waals surface area contributed by atoms with E-state index in [2.05, 4.69) is 13.8 Å². The van der Waals surface area contributed by atoms with E-state index in [4.69, 9.17) is 0 Å². The first kappa shape index (κ1) is 16.4. The van der Waals surface area contributed by atoms with Crippen molar-refractivity contribution >= 4 is 0 Å². The van der Waals surface area contributed by atoms with Crippen molar-refractivity contribution < 1.29 is 10.2 Å². The van der Waals surface area contributed by atoms with Crippen LogP contribution in [0.1, 0.15) is 78.1 Å². The lowest BCUT2D eigenvalue weighted by Gasteiger charge is -2.61. The zero-order valence-electron chi connectivity index (χ0n) is 15.1. The lowest BCUT2D eigenvalue weighted by atomic mass is 9.44. The summed E-state index contributed by atoms with van der Waals surface area (Å²) in [6, 6.07) is 0. The summed E-state index contributed by atoms with van der Waals surface area (Å²) in [6.07, 6.45) is 12.7. The Kier molecular flexibility index (Phi) is 4.08. The first-order valence-electron chi connectivity index (χ1n) is 10.3. The number of hydrogen-bond acceptors (Lipinski definition) is 2. The van der Waals surface area contributed by atoms with E-state index in [1.54, 1.807) is 0 Å². The maximum Gasteiger partial charge on any atom is 0.0543 e. The molecule has 0 saturated heterocycles. The van der Waals surface area contributed by atoms with E-state index in [-0.39, 0.29) is 6.10 Å². The van der Waals surface area contributed by atoms with E-state index >= 15 is 0 Å². The maximum absolute atomic E-state index is 10.1. The van der Waals surface area contributed by atoms with Crippen LogP contribution in [0.4, 0.5) is 0 Å². The molecule has 8 atom stereocenters. The van der Waals surface area contributed by atoms with Crippen molar-refractivity contribution in [3.63, 3.8) is 0 Å². The van der Waals surface area contributed by atoms with Gasteiger partial charge in [-0.2, -0.15) is 0 Å². The van der Waals surface area contributed by atoms with Gasteiger partial charge in [0.05, 0.1) is 6.10 Å². The van der Waals surface area contributed by atoms with Gasteiger partial charge in [-0.25, -0.2) is 0 Å². The van der Waals surface area contributed by atoms with Crippen molar-refractivity contribution in [2.45, 2.75) is 84.2 Å². The molecule has 0 aliphatic heterocycles. The van der Waals surface area contributed by atoms with E-state index < -0.39 is 0 Å². The molecule has 0 unspecified atom stereocenters. The van der Waals surface area contributed by atoms with Gasteiger partial charge in [-0.05, 0) is 105 Å². The van der Waals surface area contributed by atoms with Gasteiger partial charge in [-0.3, -0.25) is 0 Å².